The second kappa shape index (κ2) is 7.89. The molecule has 0 aliphatic heterocycles. The largest absolute Gasteiger partial charge is 0.331 e. The second-order valence-electron chi connectivity index (χ2n) is 6.47. The van der Waals surface area contributed by atoms with Gasteiger partial charge in [0.1, 0.15) is 5.82 Å². The average Bonchev–Trinajstić information content (AvgIpc) is 3.23. The van der Waals surface area contributed by atoms with Crippen LogP contribution in [0.4, 0.5) is 10.6 Å². The number of benzene rings is 2. The van der Waals surface area contributed by atoms with Gasteiger partial charge >= 0.3 is 6.03 Å². The van der Waals surface area contributed by atoms with E-state index in [2.05, 4.69) is 25.4 Å². The zero-order valence-corrected chi connectivity index (χ0v) is 16.0. The first-order valence-electron chi connectivity index (χ1n) is 9.01. The number of urea groups is 1. The topological polar surface area (TPSA) is 88.8 Å². The standard InChI is InChI=1S/C21H19N7O/c1-27(2)21(29)23-17-13-14-22-28(17)20-25-18(15-9-5-3-6-10-15)24-19(26-20)16-11-7-4-8-12-16/h3-14H,1-2H3,(H,23,29). The van der Waals surface area contributed by atoms with Gasteiger partial charge in [0, 0.05) is 31.3 Å². The molecule has 1 N–H and O–H groups in total. The van der Waals surface area contributed by atoms with Crippen molar-refractivity contribution < 1.29 is 4.79 Å². The maximum atomic E-state index is 12.1. The number of rotatable bonds is 4. The van der Waals surface area contributed by atoms with Crippen LogP contribution in [0, 0.1) is 0 Å². The lowest BCUT2D eigenvalue weighted by atomic mass is 10.2. The summed E-state index contributed by atoms with van der Waals surface area (Å²) in [5.74, 6) is 1.83. The Balaban J connectivity index is 1.84. The molecule has 2 heterocycles. The number of nitrogens with one attached hydrogen (secondary N) is 1. The molecule has 4 rings (SSSR count). The highest BCUT2D eigenvalue weighted by Crippen LogP contribution is 2.22. The van der Waals surface area contributed by atoms with E-state index >= 15 is 0 Å². The number of anilines is 1. The van der Waals surface area contributed by atoms with E-state index in [0.717, 1.165) is 11.1 Å². The minimum atomic E-state index is -0.271. The first-order valence-corrected chi connectivity index (χ1v) is 9.01. The molecular formula is C21H19N7O. The average molecular weight is 385 g/mol. The summed E-state index contributed by atoms with van der Waals surface area (Å²) in [5.41, 5.74) is 1.72. The Bertz CT molecular complexity index is 1070. The molecule has 144 valence electrons. The van der Waals surface area contributed by atoms with Gasteiger partial charge in [-0.05, 0) is 0 Å². The summed E-state index contributed by atoms with van der Waals surface area (Å²) < 4.78 is 1.49. The van der Waals surface area contributed by atoms with Crippen LogP contribution in [0.15, 0.2) is 72.9 Å². The molecule has 0 bridgehead atoms. The minimum absolute atomic E-state index is 0.271. The monoisotopic (exact) mass is 385 g/mol. The lowest BCUT2D eigenvalue weighted by Gasteiger charge is -2.13. The van der Waals surface area contributed by atoms with Crippen molar-refractivity contribution >= 4 is 11.8 Å². The van der Waals surface area contributed by atoms with Crippen LogP contribution >= 0.6 is 0 Å². The van der Waals surface area contributed by atoms with Crippen LogP contribution in [-0.4, -0.2) is 49.8 Å². The molecule has 0 aliphatic carbocycles. The van der Waals surface area contributed by atoms with Gasteiger partial charge < -0.3 is 4.90 Å². The van der Waals surface area contributed by atoms with Crippen LogP contribution in [0.5, 0.6) is 0 Å². The van der Waals surface area contributed by atoms with Crippen molar-refractivity contribution in [1.82, 2.24) is 29.6 Å². The molecule has 0 saturated carbocycles. The van der Waals surface area contributed by atoms with Crippen molar-refractivity contribution in [3.8, 4) is 28.7 Å². The zero-order valence-electron chi connectivity index (χ0n) is 16.0. The van der Waals surface area contributed by atoms with E-state index in [1.165, 1.54) is 9.58 Å². The Hall–Kier alpha value is -4.07. The normalized spacial score (nSPS) is 10.6. The van der Waals surface area contributed by atoms with Crippen LogP contribution < -0.4 is 5.32 Å². The van der Waals surface area contributed by atoms with Crippen molar-refractivity contribution in [1.29, 1.82) is 0 Å². The van der Waals surface area contributed by atoms with Gasteiger partial charge in [0.15, 0.2) is 11.6 Å². The van der Waals surface area contributed by atoms with Crippen LogP contribution in [0.2, 0.25) is 0 Å². The van der Waals surface area contributed by atoms with E-state index in [9.17, 15) is 4.79 Å². The molecular weight excluding hydrogens is 366 g/mol. The van der Waals surface area contributed by atoms with E-state index in [1.54, 1.807) is 26.4 Å². The van der Waals surface area contributed by atoms with Crippen LogP contribution in [0.3, 0.4) is 0 Å². The fourth-order valence-electron chi connectivity index (χ4n) is 2.67. The lowest BCUT2D eigenvalue weighted by Crippen LogP contribution is -2.28. The number of hydrogen-bond donors (Lipinski definition) is 1. The highest BCUT2D eigenvalue weighted by atomic mass is 16.2. The lowest BCUT2D eigenvalue weighted by molar-refractivity contribution is 0.230. The molecule has 0 aliphatic rings. The molecule has 2 aromatic heterocycles. The van der Waals surface area contributed by atoms with Gasteiger partial charge in [-0.15, -0.1) is 0 Å². The van der Waals surface area contributed by atoms with Gasteiger partial charge in [-0.3, -0.25) is 5.32 Å². The second-order valence-corrected chi connectivity index (χ2v) is 6.47. The summed E-state index contributed by atoms with van der Waals surface area (Å²) in [6, 6.07) is 20.7. The van der Waals surface area contributed by atoms with Crippen molar-refractivity contribution in [3.05, 3.63) is 72.9 Å². The molecule has 0 spiro atoms. The summed E-state index contributed by atoms with van der Waals surface area (Å²) >= 11 is 0. The minimum Gasteiger partial charge on any atom is -0.331 e. The molecule has 0 saturated heterocycles. The summed E-state index contributed by atoms with van der Waals surface area (Å²) in [4.78, 5) is 27.4. The first-order chi connectivity index (χ1) is 14.1. The maximum Gasteiger partial charge on any atom is 0.322 e. The fraction of sp³-hybridized carbons (Fsp3) is 0.0952. The molecule has 8 nitrogen and oxygen atoms in total. The molecule has 8 heteroatoms. The Morgan fingerprint density at radius 1 is 0.828 bits per heavy atom. The molecule has 0 atom stereocenters. The Morgan fingerprint density at radius 2 is 1.38 bits per heavy atom. The Labute approximate surface area is 167 Å². The summed E-state index contributed by atoms with van der Waals surface area (Å²) in [6.45, 7) is 0. The molecule has 4 aromatic rings. The molecule has 0 radical (unpaired) electrons. The smallest absolute Gasteiger partial charge is 0.322 e. The Kier molecular flexibility index (Phi) is 4.98. The van der Waals surface area contributed by atoms with Gasteiger partial charge in [0.25, 0.3) is 5.95 Å². The van der Waals surface area contributed by atoms with Gasteiger partial charge in [0.05, 0.1) is 6.20 Å². The van der Waals surface area contributed by atoms with Crippen LogP contribution in [0.1, 0.15) is 0 Å². The summed E-state index contributed by atoms with van der Waals surface area (Å²) in [5, 5.41) is 7.09. The Morgan fingerprint density at radius 3 is 1.90 bits per heavy atom. The number of carbonyl (C=O) groups excluding carboxylic acids is 1. The molecule has 0 fully saturated rings. The van der Waals surface area contributed by atoms with Crippen molar-refractivity contribution in [3.63, 3.8) is 0 Å². The van der Waals surface area contributed by atoms with Gasteiger partial charge in [-0.1, -0.05) is 60.7 Å². The molecule has 2 aromatic carbocycles. The predicted molar refractivity (Wildman–Crippen MR) is 111 cm³/mol. The third kappa shape index (κ3) is 3.96. The van der Waals surface area contributed by atoms with Gasteiger partial charge in [-0.2, -0.15) is 19.7 Å². The van der Waals surface area contributed by atoms with E-state index < -0.39 is 0 Å². The van der Waals surface area contributed by atoms with Gasteiger partial charge in [0.2, 0.25) is 0 Å². The number of amides is 2. The number of carbonyl (C=O) groups is 1. The first kappa shape index (κ1) is 18.3. The maximum absolute atomic E-state index is 12.1. The molecule has 0 unspecified atom stereocenters. The summed E-state index contributed by atoms with van der Waals surface area (Å²) in [6.07, 6.45) is 1.58. The highest BCUT2D eigenvalue weighted by Gasteiger charge is 2.16. The third-order valence-corrected chi connectivity index (χ3v) is 4.16. The van der Waals surface area contributed by atoms with E-state index in [-0.39, 0.29) is 6.03 Å². The fourth-order valence-corrected chi connectivity index (χ4v) is 2.67. The third-order valence-electron chi connectivity index (χ3n) is 4.16. The SMILES string of the molecule is CN(C)C(=O)Nc1ccnn1-c1nc(-c2ccccc2)nc(-c2ccccc2)n1. The van der Waals surface area contributed by atoms with Crippen molar-refractivity contribution in [2.24, 2.45) is 0 Å². The zero-order chi connectivity index (χ0) is 20.2. The highest BCUT2D eigenvalue weighted by molar-refractivity contribution is 5.88. The number of nitrogens with zero attached hydrogens (tertiary/aromatic N) is 6. The van der Waals surface area contributed by atoms with Crippen LogP contribution in [0.25, 0.3) is 28.7 Å². The quantitative estimate of drug-likeness (QED) is 0.581. The van der Waals surface area contributed by atoms with Gasteiger partial charge in [-0.25, -0.2) is 9.78 Å². The predicted octanol–water partition coefficient (Wildman–Crippen LogP) is 3.48. The summed E-state index contributed by atoms with van der Waals surface area (Å²) in [7, 11) is 3.33. The van der Waals surface area contributed by atoms with E-state index in [0.29, 0.717) is 23.4 Å². The number of hydrogen-bond acceptors (Lipinski definition) is 5. The molecule has 2 amide bonds. The molecule has 29 heavy (non-hydrogen) atoms. The number of aromatic nitrogens is 5. The van der Waals surface area contributed by atoms with Crippen LogP contribution in [-0.2, 0) is 0 Å². The van der Waals surface area contributed by atoms with Crippen molar-refractivity contribution in [2.45, 2.75) is 0 Å². The van der Waals surface area contributed by atoms with Crippen molar-refractivity contribution in [2.75, 3.05) is 19.4 Å². The van der Waals surface area contributed by atoms with E-state index in [1.807, 2.05) is 60.7 Å². The van der Waals surface area contributed by atoms with E-state index in [4.69, 9.17) is 0 Å².